The van der Waals surface area contributed by atoms with E-state index in [-0.39, 0.29) is 19.3 Å². The van der Waals surface area contributed by atoms with Gasteiger partial charge in [-0.15, -0.1) is 0 Å². The van der Waals surface area contributed by atoms with Gasteiger partial charge in [0.05, 0.1) is 11.7 Å². The van der Waals surface area contributed by atoms with Crippen molar-refractivity contribution >= 4 is 10.2 Å². The van der Waals surface area contributed by atoms with Crippen molar-refractivity contribution in [2.75, 3.05) is 0 Å². The molecular weight excluding hydrogens is 376 g/mol. The summed E-state index contributed by atoms with van der Waals surface area (Å²) in [5.41, 5.74) is -1.52. The maximum absolute atomic E-state index is 14.3. The molecule has 9 heteroatoms. The van der Waals surface area contributed by atoms with Crippen molar-refractivity contribution in [2.24, 2.45) is 0 Å². The lowest BCUT2D eigenvalue weighted by atomic mass is 10.0. The highest BCUT2D eigenvalue weighted by molar-refractivity contribution is 8.45. The van der Waals surface area contributed by atoms with Crippen LogP contribution in [0.1, 0.15) is 37.8 Å². The van der Waals surface area contributed by atoms with E-state index in [1.54, 1.807) is 0 Å². The number of benzene rings is 1. The van der Waals surface area contributed by atoms with Crippen LogP contribution in [0.3, 0.4) is 0 Å². The van der Waals surface area contributed by atoms with E-state index in [4.69, 9.17) is 0 Å². The molecule has 0 aliphatic heterocycles. The number of allylic oxidation sites excluding steroid dienone is 4. The second kappa shape index (κ2) is 6.66. The minimum absolute atomic E-state index is 0.137. The van der Waals surface area contributed by atoms with Gasteiger partial charge in [-0.3, -0.25) is 0 Å². The van der Waals surface area contributed by atoms with Gasteiger partial charge in [-0.2, -0.15) is 0 Å². The topological polar surface area (TPSA) is 0 Å². The summed E-state index contributed by atoms with van der Waals surface area (Å²) in [7, 11) is -10.3. The van der Waals surface area contributed by atoms with E-state index in [0.29, 0.717) is 0 Å². The molecule has 0 fully saturated rings. The molecule has 0 bridgehead atoms. The van der Waals surface area contributed by atoms with Gasteiger partial charge in [0, 0.05) is 0 Å². The average molecular weight is 394 g/mol. The highest BCUT2D eigenvalue weighted by Crippen LogP contribution is 3.02. The third-order valence-electron chi connectivity index (χ3n) is 3.32. The minimum atomic E-state index is -10.3. The molecule has 0 spiro atoms. The van der Waals surface area contributed by atoms with Crippen molar-refractivity contribution in [1.82, 2.24) is 0 Å². The van der Waals surface area contributed by atoms with Crippen molar-refractivity contribution in [3.05, 3.63) is 52.9 Å². The van der Waals surface area contributed by atoms with Crippen LogP contribution in [0.4, 0.5) is 32.6 Å². The van der Waals surface area contributed by atoms with E-state index in [0.717, 1.165) is 38.1 Å². The van der Waals surface area contributed by atoms with Crippen molar-refractivity contribution < 1.29 is 32.6 Å². The summed E-state index contributed by atoms with van der Waals surface area (Å²) >= 11 is 0. The smallest absolute Gasteiger partial charge is 0.212 e. The first-order valence-electron chi connectivity index (χ1n) is 7.30. The molecule has 25 heavy (non-hydrogen) atoms. The molecule has 144 valence electrons. The number of rotatable bonds is 7. The first-order chi connectivity index (χ1) is 11.1. The Bertz CT molecular complexity index is 693. The van der Waals surface area contributed by atoms with E-state index in [2.05, 4.69) is 0 Å². The van der Waals surface area contributed by atoms with Gasteiger partial charge in [0.15, 0.2) is 0 Å². The summed E-state index contributed by atoms with van der Waals surface area (Å²) in [6.45, 7) is 2.15. The van der Waals surface area contributed by atoms with Crippen LogP contribution in [0, 0.1) is 5.82 Å². The molecule has 0 N–H and O–H groups in total. The minimum Gasteiger partial charge on any atom is -0.212 e. The summed E-state index contributed by atoms with van der Waals surface area (Å²) in [6.07, 6.45) is 0.561. The Morgan fingerprint density at radius 2 is 1.24 bits per heavy atom. The predicted molar refractivity (Wildman–Crippen MR) is 84.2 cm³/mol. The van der Waals surface area contributed by atoms with Gasteiger partial charge >= 0.3 is 10.2 Å². The Labute approximate surface area is 140 Å². The van der Waals surface area contributed by atoms with E-state index in [9.17, 15) is 32.6 Å². The Morgan fingerprint density at radius 1 is 0.840 bits per heavy atom. The molecule has 0 amide bonds. The molecule has 1 aromatic carbocycles. The summed E-state index contributed by atoms with van der Waals surface area (Å²) < 4.78 is 106. The van der Waals surface area contributed by atoms with E-state index >= 15 is 0 Å². The number of hydrogen-bond acceptors (Lipinski definition) is 0. The fourth-order valence-corrected chi connectivity index (χ4v) is 3.43. The lowest BCUT2D eigenvalue weighted by Crippen LogP contribution is -2.14. The maximum atomic E-state index is 14.3. The molecule has 0 aromatic heterocycles. The zero-order valence-corrected chi connectivity index (χ0v) is 14.4. The lowest BCUT2D eigenvalue weighted by Gasteiger charge is -2.42. The second-order valence-electron chi connectivity index (χ2n) is 5.66. The molecule has 0 aliphatic rings. The quantitative estimate of drug-likeness (QED) is 0.410. The van der Waals surface area contributed by atoms with E-state index in [1.165, 1.54) is 0 Å². The van der Waals surface area contributed by atoms with Crippen molar-refractivity contribution in [3.8, 4) is 0 Å². The standard InChI is InChI=1S/C16H18F8S/c1-11(17)5-3-7-13-9-10-14(8-4-6-12(2)18)16(15(13)19)25(20,21,22,23)24/h5-6,9-10H,3-4,7-8H2,1-2H3/b11-5-,12-6-. The summed E-state index contributed by atoms with van der Waals surface area (Å²) in [5, 5.41) is 0. The molecule has 1 aromatic rings. The lowest BCUT2D eigenvalue weighted by molar-refractivity contribution is 0.352. The van der Waals surface area contributed by atoms with Crippen LogP contribution in [0.2, 0.25) is 0 Å². The number of halogens is 8. The molecule has 1 rings (SSSR count). The summed E-state index contributed by atoms with van der Waals surface area (Å²) in [5.74, 6) is -3.35. The maximum Gasteiger partial charge on any atom is 0.313 e. The first-order valence-corrected chi connectivity index (χ1v) is 9.26. The van der Waals surface area contributed by atoms with Gasteiger partial charge in [0.25, 0.3) is 0 Å². The third kappa shape index (κ3) is 6.72. The fourth-order valence-electron chi connectivity index (χ4n) is 2.30. The zero-order valence-electron chi connectivity index (χ0n) is 13.6. The SMILES string of the molecule is C/C(F)=C/CCc1ccc(CC/C=C(/C)F)c(S(F)(F)(F)(F)F)c1F. The van der Waals surface area contributed by atoms with Crippen LogP contribution in [-0.4, -0.2) is 0 Å². The van der Waals surface area contributed by atoms with Gasteiger partial charge < -0.3 is 0 Å². The van der Waals surface area contributed by atoms with E-state index < -0.39 is 50.1 Å². The Kier molecular flexibility index (Phi) is 5.74. The van der Waals surface area contributed by atoms with Crippen LogP contribution in [-0.2, 0) is 12.8 Å². The highest BCUT2D eigenvalue weighted by Gasteiger charge is 2.68. The Morgan fingerprint density at radius 3 is 1.64 bits per heavy atom. The molecular formula is C16H18F8S. The van der Waals surface area contributed by atoms with Crippen molar-refractivity contribution in [2.45, 2.75) is 44.4 Å². The van der Waals surface area contributed by atoms with Gasteiger partial charge in [0.2, 0.25) is 0 Å². The number of aryl methyl sites for hydroxylation is 2. The van der Waals surface area contributed by atoms with Gasteiger partial charge in [-0.25, -0.2) is 13.2 Å². The molecule has 0 unspecified atom stereocenters. The van der Waals surface area contributed by atoms with Crippen LogP contribution in [0.5, 0.6) is 0 Å². The monoisotopic (exact) mass is 394 g/mol. The van der Waals surface area contributed by atoms with Crippen LogP contribution < -0.4 is 0 Å². The first kappa shape index (κ1) is 21.5. The van der Waals surface area contributed by atoms with Gasteiger partial charge in [0.1, 0.15) is 10.7 Å². The van der Waals surface area contributed by atoms with E-state index in [1.807, 2.05) is 0 Å². The molecule has 0 nitrogen and oxygen atoms in total. The van der Waals surface area contributed by atoms with Crippen molar-refractivity contribution in [3.63, 3.8) is 0 Å². The molecule has 0 saturated carbocycles. The fraction of sp³-hybridized carbons (Fsp3) is 0.375. The van der Waals surface area contributed by atoms with Gasteiger partial charge in [-0.1, -0.05) is 43.7 Å². The van der Waals surface area contributed by atoms with Gasteiger partial charge in [-0.05, 0) is 50.7 Å². The third-order valence-corrected chi connectivity index (χ3v) is 4.54. The average Bonchev–Trinajstić information content (AvgIpc) is 2.37. The largest absolute Gasteiger partial charge is 0.313 e. The Hall–Kier alpha value is -1.51. The van der Waals surface area contributed by atoms with Crippen LogP contribution in [0.15, 0.2) is 40.8 Å². The number of hydrogen-bond donors (Lipinski definition) is 0. The summed E-state index contributed by atoms with van der Waals surface area (Å²) in [4.78, 5) is -2.57. The molecule has 0 heterocycles. The predicted octanol–water partition coefficient (Wildman–Crippen LogP) is 8.09. The normalized spacial score (nSPS) is 16.6. The van der Waals surface area contributed by atoms with Crippen LogP contribution in [0.25, 0.3) is 0 Å². The molecule has 0 saturated heterocycles. The van der Waals surface area contributed by atoms with Crippen LogP contribution >= 0.6 is 10.2 Å². The molecule has 0 aliphatic carbocycles. The zero-order chi connectivity index (χ0) is 19.5. The summed E-state index contributed by atoms with van der Waals surface area (Å²) in [6, 6.07) is 1.73. The second-order valence-corrected chi connectivity index (χ2v) is 8.00. The highest BCUT2D eigenvalue weighted by atomic mass is 32.5. The molecule has 0 atom stereocenters. The molecule has 0 radical (unpaired) electrons. The van der Waals surface area contributed by atoms with Crippen molar-refractivity contribution in [1.29, 1.82) is 0 Å². The Balaban J connectivity index is 3.39.